The summed E-state index contributed by atoms with van der Waals surface area (Å²) in [5.41, 5.74) is 3.47. The van der Waals surface area contributed by atoms with Crippen LogP contribution >= 0.6 is 0 Å². The Balaban J connectivity index is 1.36. The van der Waals surface area contributed by atoms with Crippen LogP contribution in [0.15, 0.2) is 42.7 Å². The molecule has 0 amide bonds. The van der Waals surface area contributed by atoms with Crippen molar-refractivity contribution in [2.45, 2.75) is 20.1 Å². The number of likely N-dealkylation sites (tertiary alicyclic amines) is 1. The van der Waals surface area contributed by atoms with Crippen LogP contribution in [0.3, 0.4) is 0 Å². The Kier molecular flexibility index (Phi) is 4.79. The molecule has 2 saturated heterocycles. The van der Waals surface area contributed by atoms with Gasteiger partial charge >= 0.3 is 0 Å². The van der Waals surface area contributed by atoms with E-state index < -0.39 is 0 Å². The molecule has 4 heterocycles. The second kappa shape index (κ2) is 7.20. The van der Waals surface area contributed by atoms with Gasteiger partial charge in [-0.3, -0.25) is 14.9 Å². The molecular formula is C20H25N3O2. The maximum atomic E-state index is 6.08. The average Bonchev–Trinajstić information content (AvgIpc) is 3.12. The van der Waals surface area contributed by atoms with Gasteiger partial charge in [-0.1, -0.05) is 6.07 Å². The Morgan fingerprint density at radius 3 is 3.00 bits per heavy atom. The molecule has 0 bridgehead atoms. The number of nitrogens with zero attached hydrogens (tertiary/aromatic N) is 3. The lowest BCUT2D eigenvalue weighted by Gasteiger charge is -2.27. The minimum atomic E-state index is 0.122. The van der Waals surface area contributed by atoms with Crippen molar-refractivity contribution in [1.82, 2.24) is 14.9 Å². The molecule has 25 heavy (non-hydrogen) atoms. The van der Waals surface area contributed by atoms with E-state index in [1.165, 1.54) is 5.56 Å². The summed E-state index contributed by atoms with van der Waals surface area (Å²) < 4.78 is 11.9. The van der Waals surface area contributed by atoms with Gasteiger partial charge in [0.25, 0.3) is 0 Å². The van der Waals surface area contributed by atoms with Crippen molar-refractivity contribution < 1.29 is 9.47 Å². The lowest BCUT2D eigenvalue weighted by molar-refractivity contribution is 0.0171. The molecular weight excluding hydrogens is 314 g/mol. The Morgan fingerprint density at radius 1 is 1.28 bits per heavy atom. The molecule has 0 saturated carbocycles. The summed E-state index contributed by atoms with van der Waals surface area (Å²) in [6, 6.07) is 10.3. The van der Waals surface area contributed by atoms with Gasteiger partial charge < -0.3 is 9.47 Å². The highest BCUT2D eigenvalue weighted by Gasteiger charge is 2.50. The van der Waals surface area contributed by atoms with Crippen molar-refractivity contribution in [1.29, 1.82) is 0 Å². The highest BCUT2D eigenvalue weighted by Crippen LogP contribution is 2.42. The van der Waals surface area contributed by atoms with Crippen LogP contribution in [0.5, 0.6) is 0 Å². The lowest BCUT2D eigenvalue weighted by atomic mass is 9.82. The zero-order chi connectivity index (χ0) is 17.1. The van der Waals surface area contributed by atoms with Crippen LogP contribution in [0.4, 0.5) is 0 Å². The van der Waals surface area contributed by atoms with E-state index in [0.29, 0.717) is 12.5 Å². The molecule has 2 fully saturated rings. The summed E-state index contributed by atoms with van der Waals surface area (Å²) in [5.74, 6) is 0.555. The van der Waals surface area contributed by atoms with Gasteiger partial charge in [-0.25, -0.2) is 0 Å². The number of ether oxygens (including phenoxy) is 2. The zero-order valence-electron chi connectivity index (χ0n) is 14.7. The molecule has 5 heteroatoms. The van der Waals surface area contributed by atoms with Crippen molar-refractivity contribution in [3.63, 3.8) is 0 Å². The average molecular weight is 339 g/mol. The van der Waals surface area contributed by atoms with Gasteiger partial charge in [-0.05, 0) is 36.8 Å². The van der Waals surface area contributed by atoms with Crippen LogP contribution in [0, 0.1) is 18.3 Å². The van der Waals surface area contributed by atoms with E-state index in [-0.39, 0.29) is 5.41 Å². The molecule has 2 aliphatic rings. The standard InChI is InChI=1S/C20H25N3O2/c1-16-3-2-4-19(22-16)12-25-15-20-13-23(10-18(20)11-24-14-20)9-17-5-7-21-8-6-17/h2-8,18H,9-15H2,1H3/t18-,20+/m1/s1. The highest BCUT2D eigenvalue weighted by atomic mass is 16.5. The molecule has 0 radical (unpaired) electrons. The van der Waals surface area contributed by atoms with Crippen LogP contribution in [0.25, 0.3) is 0 Å². The molecule has 0 unspecified atom stereocenters. The first kappa shape index (κ1) is 16.6. The maximum Gasteiger partial charge on any atom is 0.0888 e. The summed E-state index contributed by atoms with van der Waals surface area (Å²) in [4.78, 5) is 11.1. The fourth-order valence-corrected chi connectivity index (χ4v) is 4.05. The maximum absolute atomic E-state index is 6.08. The first-order valence-corrected chi connectivity index (χ1v) is 8.93. The molecule has 0 aliphatic carbocycles. The van der Waals surface area contributed by atoms with E-state index in [1.54, 1.807) is 0 Å². The summed E-state index contributed by atoms with van der Waals surface area (Å²) in [6.07, 6.45) is 3.73. The Labute approximate surface area is 149 Å². The van der Waals surface area contributed by atoms with Crippen LogP contribution in [0.1, 0.15) is 17.0 Å². The van der Waals surface area contributed by atoms with Crippen molar-refractivity contribution in [2.24, 2.45) is 11.3 Å². The van der Waals surface area contributed by atoms with Crippen LogP contribution in [-0.4, -0.2) is 47.8 Å². The number of fused-ring (bicyclic) bond motifs is 1. The van der Waals surface area contributed by atoms with Gasteiger partial charge in [-0.15, -0.1) is 0 Å². The van der Waals surface area contributed by atoms with E-state index in [2.05, 4.69) is 27.0 Å². The quantitative estimate of drug-likeness (QED) is 0.809. The molecule has 2 aliphatic heterocycles. The largest absolute Gasteiger partial charge is 0.380 e. The van der Waals surface area contributed by atoms with Crippen molar-refractivity contribution in [3.05, 3.63) is 59.7 Å². The molecule has 0 N–H and O–H groups in total. The van der Waals surface area contributed by atoms with Crippen molar-refractivity contribution in [3.8, 4) is 0 Å². The monoisotopic (exact) mass is 339 g/mol. The zero-order valence-corrected chi connectivity index (χ0v) is 14.7. The van der Waals surface area contributed by atoms with E-state index in [1.807, 2.05) is 37.5 Å². The first-order chi connectivity index (χ1) is 12.2. The van der Waals surface area contributed by atoms with Crippen molar-refractivity contribution in [2.75, 3.05) is 32.9 Å². The number of rotatable bonds is 6. The summed E-state index contributed by atoms with van der Waals surface area (Å²) >= 11 is 0. The van der Waals surface area contributed by atoms with Crippen LogP contribution in [-0.2, 0) is 22.6 Å². The second-order valence-electron chi connectivity index (χ2n) is 7.36. The number of hydrogen-bond donors (Lipinski definition) is 0. The minimum absolute atomic E-state index is 0.122. The summed E-state index contributed by atoms with van der Waals surface area (Å²) in [7, 11) is 0. The topological polar surface area (TPSA) is 47.5 Å². The third-order valence-electron chi connectivity index (χ3n) is 5.33. The van der Waals surface area contributed by atoms with E-state index in [4.69, 9.17) is 9.47 Å². The molecule has 5 nitrogen and oxygen atoms in total. The van der Waals surface area contributed by atoms with Crippen LogP contribution < -0.4 is 0 Å². The molecule has 0 aromatic carbocycles. The number of hydrogen-bond acceptors (Lipinski definition) is 5. The number of aryl methyl sites for hydroxylation is 1. The second-order valence-corrected chi connectivity index (χ2v) is 7.36. The SMILES string of the molecule is Cc1cccc(COC[C@]23COC[C@H]2CN(Cc2ccncc2)C3)n1. The van der Waals surface area contributed by atoms with E-state index in [0.717, 1.165) is 50.8 Å². The molecule has 2 aromatic heterocycles. The van der Waals surface area contributed by atoms with Crippen molar-refractivity contribution >= 4 is 0 Å². The Morgan fingerprint density at radius 2 is 2.16 bits per heavy atom. The first-order valence-electron chi connectivity index (χ1n) is 8.93. The van der Waals surface area contributed by atoms with Crippen LogP contribution in [0.2, 0.25) is 0 Å². The van der Waals surface area contributed by atoms with Gasteiger partial charge in [-0.2, -0.15) is 0 Å². The lowest BCUT2D eigenvalue weighted by Crippen LogP contribution is -2.35. The third kappa shape index (κ3) is 3.73. The Bertz CT molecular complexity index is 709. The predicted octanol–water partition coefficient (Wildman–Crippen LogP) is 2.45. The van der Waals surface area contributed by atoms with Gasteiger partial charge in [0.05, 0.1) is 32.1 Å². The third-order valence-corrected chi connectivity index (χ3v) is 5.33. The number of pyridine rings is 2. The fraction of sp³-hybridized carbons (Fsp3) is 0.500. The fourth-order valence-electron chi connectivity index (χ4n) is 4.05. The molecule has 2 atom stereocenters. The molecule has 2 aromatic rings. The van der Waals surface area contributed by atoms with Gasteiger partial charge in [0, 0.05) is 49.1 Å². The highest BCUT2D eigenvalue weighted by molar-refractivity contribution is 5.11. The van der Waals surface area contributed by atoms with E-state index >= 15 is 0 Å². The van der Waals surface area contributed by atoms with E-state index in [9.17, 15) is 0 Å². The molecule has 0 spiro atoms. The smallest absolute Gasteiger partial charge is 0.0888 e. The minimum Gasteiger partial charge on any atom is -0.380 e. The normalized spacial score (nSPS) is 26.0. The summed E-state index contributed by atoms with van der Waals surface area (Å²) in [5, 5.41) is 0. The molecule has 132 valence electrons. The predicted molar refractivity (Wildman–Crippen MR) is 94.9 cm³/mol. The summed E-state index contributed by atoms with van der Waals surface area (Å²) in [6.45, 7) is 8.04. The number of aromatic nitrogens is 2. The van der Waals surface area contributed by atoms with Gasteiger partial charge in [0.1, 0.15) is 0 Å². The molecule has 4 rings (SSSR count). The van der Waals surface area contributed by atoms with Gasteiger partial charge in [0.2, 0.25) is 0 Å². The van der Waals surface area contributed by atoms with Gasteiger partial charge in [0.15, 0.2) is 0 Å². The Hall–Kier alpha value is -1.82.